The van der Waals surface area contributed by atoms with E-state index in [1.54, 1.807) is 24.7 Å². The van der Waals surface area contributed by atoms with Gasteiger partial charge >= 0.3 is 0 Å². The molecule has 2 aromatic heterocycles. The van der Waals surface area contributed by atoms with Crippen molar-refractivity contribution < 1.29 is 4.74 Å². The number of ether oxygens (including phenoxy) is 1. The van der Waals surface area contributed by atoms with Gasteiger partial charge in [-0.25, -0.2) is 0 Å². The van der Waals surface area contributed by atoms with Crippen LogP contribution in [0, 0.1) is 0 Å². The first kappa shape index (κ1) is 19.9. The summed E-state index contributed by atoms with van der Waals surface area (Å²) >= 11 is 12.6. The molecule has 0 unspecified atom stereocenters. The number of benzene rings is 1. The highest BCUT2D eigenvalue weighted by atomic mass is 35.5. The third-order valence-electron chi connectivity index (χ3n) is 5.28. The quantitative estimate of drug-likeness (QED) is 0.584. The summed E-state index contributed by atoms with van der Waals surface area (Å²) in [5, 5.41) is 1.28. The fraction of sp³-hybridized carbons (Fsp3) is 0.217. The van der Waals surface area contributed by atoms with Crippen LogP contribution in [0.3, 0.4) is 0 Å². The Bertz CT molecular complexity index is 1010. The van der Waals surface area contributed by atoms with Crippen molar-refractivity contribution >= 4 is 28.8 Å². The lowest BCUT2D eigenvalue weighted by Crippen LogP contribution is -2.34. The third kappa shape index (κ3) is 4.61. The summed E-state index contributed by atoms with van der Waals surface area (Å²) in [5.74, 6) is 0.883. The van der Waals surface area contributed by atoms with Crippen LogP contribution in [0.2, 0.25) is 10.0 Å². The van der Waals surface area contributed by atoms with Crippen LogP contribution in [0.4, 0.5) is 0 Å². The Morgan fingerprint density at radius 2 is 1.83 bits per heavy atom. The van der Waals surface area contributed by atoms with E-state index < -0.39 is 0 Å². The molecule has 0 bridgehead atoms. The minimum absolute atomic E-state index is 0.0647. The molecule has 148 valence electrons. The summed E-state index contributed by atoms with van der Waals surface area (Å²) in [6.45, 7) is 0.475. The van der Waals surface area contributed by atoms with E-state index in [1.807, 2.05) is 36.5 Å². The van der Waals surface area contributed by atoms with Crippen molar-refractivity contribution in [3.05, 3.63) is 94.0 Å². The Hall–Kier alpha value is -2.40. The maximum Gasteiger partial charge on any atom is 0.122 e. The van der Waals surface area contributed by atoms with Gasteiger partial charge in [0, 0.05) is 46.8 Å². The van der Waals surface area contributed by atoms with Gasteiger partial charge in [0.15, 0.2) is 0 Å². The van der Waals surface area contributed by atoms with Crippen LogP contribution in [0.1, 0.15) is 29.9 Å². The van der Waals surface area contributed by atoms with E-state index in [0.29, 0.717) is 16.7 Å². The molecule has 0 amide bonds. The molecule has 1 aliphatic rings. The minimum Gasteiger partial charge on any atom is -0.489 e. The fourth-order valence-corrected chi connectivity index (χ4v) is 4.37. The molecule has 0 aliphatic heterocycles. The van der Waals surface area contributed by atoms with Crippen molar-refractivity contribution in [1.82, 2.24) is 9.97 Å². The average Bonchev–Trinajstić information content (AvgIpc) is 2.74. The molecule has 0 spiro atoms. The number of nitrogens with zero attached hydrogens (tertiary/aromatic N) is 2. The fourth-order valence-electron chi connectivity index (χ4n) is 3.82. The lowest BCUT2D eigenvalue weighted by molar-refractivity contribution is 0.337. The highest BCUT2D eigenvalue weighted by Crippen LogP contribution is 2.42. The van der Waals surface area contributed by atoms with Crippen LogP contribution in [-0.4, -0.2) is 22.6 Å². The van der Waals surface area contributed by atoms with Gasteiger partial charge in [0.25, 0.3) is 0 Å². The molecule has 29 heavy (non-hydrogen) atoms. The summed E-state index contributed by atoms with van der Waals surface area (Å²) in [7, 11) is 0. The molecule has 3 aromatic rings. The predicted molar refractivity (Wildman–Crippen MR) is 117 cm³/mol. The molecule has 1 aliphatic carbocycles. The second-order valence-electron chi connectivity index (χ2n) is 7.14. The normalized spacial score (nSPS) is 19.3. The van der Waals surface area contributed by atoms with Crippen molar-refractivity contribution in [3.63, 3.8) is 0 Å². The van der Waals surface area contributed by atoms with Gasteiger partial charge in [-0.05, 0) is 65.4 Å². The zero-order valence-corrected chi connectivity index (χ0v) is 17.3. The first-order chi connectivity index (χ1) is 14.1. The zero-order chi connectivity index (χ0) is 20.2. The molecule has 0 saturated carbocycles. The Morgan fingerprint density at radius 3 is 2.55 bits per heavy atom. The van der Waals surface area contributed by atoms with Gasteiger partial charge in [-0.15, -0.1) is 0 Å². The van der Waals surface area contributed by atoms with Gasteiger partial charge in [-0.3, -0.25) is 9.97 Å². The molecule has 2 heterocycles. The van der Waals surface area contributed by atoms with Crippen LogP contribution in [0.25, 0.3) is 5.57 Å². The van der Waals surface area contributed by atoms with Crippen molar-refractivity contribution in [2.75, 3.05) is 6.61 Å². The van der Waals surface area contributed by atoms with Gasteiger partial charge in [0.2, 0.25) is 0 Å². The molecule has 0 fully saturated rings. The zero-order valence-electron chi connectivity index (χ0n) is 15.8. The maximum absolute atomic E-state index is 6.61. The second kappa shape index (κ2) is 8.95. The number of rotatable bonds is 5. The largest absolute Gasteiger partial charge is 0.489 e. The molecular weight excluding hydrogens is 405 g/mol. The standard InChI is InChI=1S/C23H21Cl2N3O/c24-17-3-4-19(22(25)11-17)21-12-20(15-2-1-7-28-13-15)16(10-23(21)26)14-29-18-5-8-27-9-6-18/h1-9,11,13,21,23H,10,12,14,26H2/t21-,23+/m1/s1. The van der Waals surface area contributed by atoms with Crippen LogP contribution in [-0.2, 0) is 0 Å². The highest BCUT2D eigenvalue weighted by Gasteiger charge is 2.31. The monoisotopic (exact) mass is 425 g/mol. The van der Waals surface area contributed by atoms with Crippen molar-refractivity contribution in [2.24, 2.45) is 5.73 Å². The molecule has 0 saturated heterocycles. The van der Waals surface area contributed by atoms with Crippen LogP contribution >= 0.6 is 23.2 Å². The first-order valence-electron chi connectivity index (χ1n) is 9.46. The summed E-state index contributed by atoms with van der Waals surface area (Å²) in [6, 6.07) is 13.3. The summed E-state index contributed by atoms with van der Waals surface area (Å²) in [5.41, 5.74) is 11.1. The van der Waals surface area contributed by atoms with Gasteiger partial charge in [-0.1, -0.05) is 35.3 Å². The van der Waals surface area contributed by atoms with E-state index in [1.165, 1.54) is 11.1 Å². The predicted octanol–water partition coefficient (Wildman–Crippen LogP) is 5.52. The molecule has 2 atom stereocenters. The number of allylic oxidation sites excluding steroid dienone is 1. The first-order valence-corrected chi connectivity index (χ1v) is 10.2. The Kier molecular flexibility index (Phi) is 6.14. The lowest BCUT2D eigenvalue weighted by Gasteiger charge is -2.33. The summed E-state index contributed by atoms with van der Waals surface area (Å²) in [4.78, 5) is 8.33. The number of pyridine rings is 2. The summed E-state index contributed by atoms with van der Waals surface area (Å²) in [6.07, 6.45) is 8.59. The lowest BCUT2D eigenvalue weighted by atomic mass is 9.75. The van der Waals surface area contributed by atoms with Crippen LogP contribution in [0.5, 0.6) is 5.75 Å². The number of hydrogen-bond donors (Lipinski definition) is 1. The Labute approximate surface area is 180 Å². The molecule has 6 heteroatoms. The molecule has 2 N–H and O–H groups in total. The number of aromatic nitrogens is 2. The Morgan fingerprint density at radius 1 is 1.00 bits per heavy atom. The third-order valence-corrected chi connectivity index (χ3v) is 5.85. The second-order valence-corrected chi connectivity index (χ2v) is 7.98. The van der Waals surface area contributed by atoms with Gasteiger partial charge < -0.3 is 10.5 Å². The van der Waals surface area contributed by atoms with Crippen LogP contribution < -0.4 is 10.5 Å². The number of halogens is 2. The molecular formula is C23H21Cl2N3O. The molecule has 4 nitrogen and oxygen atoms in total. The average molecular weight is 426 g/mol. The highest BCUT2D eigenvalue weighted by molar-refractivity contribution is 6.35. The van der Waals surface area contributed by atoms with E-state index in [-0.39, 0.29) is 12.0 Å². The van der Waals surface area contributed by atoms with Crippen molar-refractivity contribution in [3.8, 4) is 5.75 Å². The maximum atomic E-state index is 6.61. The molecule has 1 aromatic carbocycles. The number of hydrogen-bond acceptors (Lipinski definition) is 4. The SMILES string of the molecule is N[C@H]1CC(COc2ccncc2)=C(c2cccnc2)C[C@@H]1c1ccc(Cl)cc1Cl. The smallest absolute Gasteiger partial charge is 0.122 e. The van der Waals surface area contributed by atoms with Crippen LogP contribution in [0.15, 0.2) is 72.8 Å². The van der Waals surface area contributed by atoms with Crippen molar-refractivity contribution in [1.29, 1.82) is 0 Å². The topological polar surface area (TPSA) is 61.0 Å². The van der Waals surface area contributed by atoms with E-state index in [4.69, 9.17) is 33.7 Å². The molecule has 0 radical (unpaired) electrons. The van der Waals surface area contributed by atoms with Crippen molar-refractivity contribution in [2.45, 2.75) is 24.8 Å². The van der Waals surface area contributed by atoms with E-state index in [2.05, 4.69) is 16.0 Å². The van der Waals surface area contributed by atoms with E-state index in [0.717, 1.165) is 29.7 Å². The van der Waals surface area contributed by atoms with Gasteiger partial charge in [-0.2, -0.15) is 0 Å². The Balaban J connectivity index is 1.67. The van der Waals surface area contributed by atoms with Gasteiger partial charge in [0.1, 0.15) is 12.4 Å². The van der Waals surface area contributed by atoms with Gasteiger partial charge in [0.05, 0.1) is 0 Å². The van der Waals surface area contributed by atoms with E-state index in [9.17, 15) is 0 Å². The molecule has 4 rings (SSSR count). The van der Waals surface area contributed by atoms with E-state index >= 15 is 0 Å². The summed E-state index contributed by atoms with van der Waals surface area (Å²) < 4.78 is 6.01. The minimum atomic E-state index is -0.0647. The number of nitrogens with two attached hydrogens (primary N) is 1.